The summed E-state index contributed by atoms with van der Waals surface area (Å²) in [4.78, 5) is 42.6. The van der Waals surface area contributed by atoms with Crippen molar-refractivity contribution in [3.05, 3.63) is 84.1 Å². The monoisotopic (exact) mass is 547 g/mol. The first-order valence-electron chi connectivity index (χ1n) is 11.0. The molecule has 0 bridgehead atoms. The minimum atomic E-state index is -5.57. The molecule has 0 radical (unpaired) electrons. The van der Waals surface area contributed by atoms with Gasteiger partial charge >= 0.3 is 17.6 Å². The third-order valence-corrected chi connectivity index (χ3v) is 6.98. The summed E-state index contributed by atoms with van der Waals surface area (Å²) in [5.41, 5.74) is -4.10. The van der Waals surface area contributed by atoms with Crippen molar-refractivity contribution in [2.24, 2.45) is 0 Å². The third kappa shape index (κ3) is 5.75. The van der Waals surface area contributed by atoms with Crippen LogP contribution in [0.4, 0.5) is 34.3 Å². The first kappa shape index (κ1) is 26.6. The van der Waals surface area contributed by atoms with Gasteiger partial charge in [-0.1, -0.05) is 30.3 Å². The number of benzene rings is 2. The predicted octanol–water partition coefficient (Wildman–Crippen LogP) is 3.67. The zero-order valence-electron chi connectivity index (χ0n) is 19.5. The topological polar surface area (TPSA) is 129 Å². The minimum absolute atomic E-state index is 0.0234. The van der Waals surface area contributed by atoms with Crippen LogP contribution in [0.2, 0.25) is 0 Å². The van der Waals surface area contributed by atoms with Crippen LogP contribution in [0.1, 0.15) is 11.1 Å². The second-order valence-corrected chi connectivity index (χ2v) is 10.1. The lowest BCUT2D eigenvalue weighted by molar-refractivity contribution is -0.116. The normalized spacial score (nSPS) is 14.1. The molecule has 1 saturated heterocycles. The van der Waals surface area contributed by atoms with Crippen LogP contribution in [0.25, 0.3) is 0 Å². The molecule has 1 aliphatic rings. The van der Waals surface area contributed by atoms with Crippen LogP contribution in [-0.4, -0.2) is 48.3 Å². The Morgan fingerprint density at radius 1 is 0.974 bits per heavy atom. The number of hydrogen-bond donors (Lipinski definition) is 2. The van der Waals surface area contributed by atoms with E-state index in [0.29, 0.717) is 24.2 Å². The van der Waals surface area contributed by atoms with E-state index in [1.54, 1.807) is 6.07 Å². The molecule has 10 nitrogen and oxygen atoms in total. The molecule has 2 heterocycles. The molecule has 5 amide bonds. The van der Waals surface area contributed by atoms with Gasteiger partial charge in [-0.25, -0.2) is 27.9 Å². The molecule has 0 unspecified atom stereocenters. The number of alkyl halides is 3. The Kier molecular flexibility index (Phi) is 7.35. The van der Waals surface area contributed by atoms with Gasteiger partial charge in [-0.05, 0) is 47.5 Å². The highest BCUT2D eigenvalue weighted by molar-refractivity contribution is 7.92. The van der Waals surface area contributed by atoms with E-state index < -0.39 is 38.2 Å². The van der Waals surface area contributed by atoms with Crippen molar-refractivity contribution in [1.82, 2.24) is 15.2 Å². The van der Waals surface area contributed by atoms with E-state index in [1.807, 2.05) is 30.3 Å². The van der Waals surface area contributed by atoms with Crippen molar-refractivity contribution in [3.63, 3.8) is 0 Å². The third-order valence-electron chi connectivity index (χ3n) is 5.48. The van der Waals surface area contributed by atoms with Crippen LogP contribution < -0.4 is 15.5 Å². The second-order valence-electron chi connectivity index (χ2n) is 8.15. The molecule has 0 aliphatic carbocycles. The minimum Gasteiger partial charge on any atom is -0.334 e. The molecular weight excluding hydrogens is 527 g/mol. The summed E-state index contributed by atoms with van der Waals surface area (Å²) in [5, 5.41) is 5.28. The highest BCUT2D eigenvalue weighted by Crippen LogP contribution is 2.32. The van der Waals surface area contributed by atoms with Gasteiger partial charge in [-0.3, -0.25) is 10.1 Å². The first-order chi connectivity index (χ1) is 18.0. The highest BCUT2D eigenvalue weighted by atomic mass is 32.2. The van der Waals surface area contributed by atoms with E-state index in [4.69, 9.17) is 0 Å². The van der Waals surface area contributed by atoms with Gasteiger partial charge < -0.3 is 10.2 Å². The highest BCUT2D eigenvalue weighted by Gasteiger charge is 2.47. The molecular formula is C24H20F3N5O5S. The Balaban J connectivity index is 1.40. The molecule has 198 valence electrons. The number of halogens is 3. The van der Waals surface area contributed by atoms with E-state index in [-0.39, 0.29) is 24.6 Å². The summed E-state index contributed by atoms with van der Waals surface area (Å²) in [7, 11) is -5.57. The number of sulfone groups is 1. The standard InChI is InChI=1S/C24H20F3N5O5S/c25-24(26,27)38(36,37)19-8-6-18(7-9-19)32-21(33)15-31(23(32)35)14-17-10-11-28-20(12-17)30-22(34)29-13-16-4-2-1-3-5-16/h1-12H,13-15H2,(H2,28,29,30,34). The van der Waals surface area contributed by atoms with Crippen LogP contribution in [-0.2, 0) is 27.7 Å². The number of urea groups is 2. The van der Waals surface area contributed by atoms with Gasteiger partial charge in [0.25, 0.3) is 15.7 Å². The predicted molar refractivity (Wildman–Crippen MR) is 130 cm³/mol. The summed E-state index contributed by atoms with van der Waals surface area (Å²) in [6.45, 7) is -0.0375. The average molecular weight is 548 g/mol. The Hall–Kier alpha value is -4.46. The molecule has 14 heteroatoms. The zero-order chi connectivity index (χ0) is 27.5. The molecule has 3 aromatic rings. The first-order valence-corrected chi connectivity index (χ1v) is 12.5. The number of rotatable bonds is 7. The molecule has 0 spiro atoms. The quantitative estimate of drug-likeness (QED) is 0.435. The van der Waals surface area contributed by atoms with Crippen LogP contribution in [0.3, 0.4) is 0 Å². The maximum Gasteiger partial charge on any atom is 0.501 e. The van der Waals surface area contributed by atoms with Crippen LogP contribution >= 0.6 is 0 Å². The molecule has 0 saturated carbocycles. The Morgan fingerprint density at radius 3 is 2.32 bits per heavy atom. The Bertz CT molecular complexity index is 1460. The number of carbonyl (C=O) groups is 3. The van der Waals surface area contributed by atoms with E-state index in [2.05, 4.69) is 15.6 Å². The van der Waals surface area contributed by atoms with Gasteiger partial charge in [0.15, 0.2) is 0 Å². The molecule has 38 heavy (non-hydrogen) atoms. The number of aromatic nitrogens is 1. The van der Waals surface area contributed by atoms with Crippen molar-refractivity contribution in [2.45, 2.75) is 23.5 Å². The summed E-state index contributed by atoms with van der Waals surface area (Å²) in [5.74, 6) is -0.432. The fraction of sp³-hybridized carbons (Fsp3) is 0.167. The molecule has 2 N–H and O–H groups in total. The number of nitrogens with one attached hydrogen (secondary N) is 2. The van der Waals surface area contributed by atoms with Gasteiger partial charge in [0.1, 0.15) is 12.4 Å². The molecule has 1 fully saturated rings. The fourth-order valence-corrected chi connectivity index (χ4v) is 4.40. The van der Waals surface area contributed by atoms with Crippen molar-refractivity contribution < 1.29 is 36.0 Å². The number of hydrogen-bond acceptors (Lipinski definition) is 6. The van der Waals surface area contributed by atoms with Crippen molar-refractivity contribution in [2.75, 3.05) is 16.8 Å². The summed E-state index contributed by atoms with van der Waals surface area (Å²) >= 11 is 0. The van der Waals surface area contributed by atoms with Gasteiger partial charge in [0, 0.05) is 19.3 Å². The number of imide groups is 1. The SMILES string of the molecule is O=C(NCc1ccccc1)Nc1cc(CN2CC(=O)N(c3ccc(S(=O)(=O)C(F)(F)F)cc3)C2=O)ccn1. The average Bonchev–Trinajstić information content (AvgIpc) is 3.15. The van der Waals surface area contributed by atoms with Gasteiger partial charge in [0.2, 0.25) is 0 Å². The van der Waals surface area contributed by atoms with E-state index in [1.165, 1.54) is 17.2 Å². The van der Waals surface area contributed by atoms with Crippen molar-refractivity contribution in [1.29, 1.82) is 0 Å². The van der Waals surface area contributed by atoms with Crippen LogP contribution in [0.5, 0.6) is 0 Å². The lowest BCUT2D eigenvalue weighted by Crippen LogP contribution is -2.33. The van der Waals surface area contributed by atoms with Crippen molar-refractivity contribution in [3.8, 4) is 0 Å². The van der Waals surface area contributed by atoms with E-state index >= 15 is 0 Å². The Morgan fingerprint density at radius 2 is 1.66 bits per heavy atom. The number of amides is 5. The number of anilines is 2. The molecule has 4 rings (SSSR count). The smallest absolute Gasteiger partial charge is 0.334 e. The summed E-state index contributed by atoms with van der Waals surface area (Å²) in [6.07, 6.45) is 1.42. The second kappa shape index (κ2) is 10.5. The molecule has 2 aromatic carbocycles. The summed E-state index contributed by atoms with van der Waals surface area (Å²) in [6, 6.07) is 14.4. The Labute approximate surface area is 215 Å². The molecule has 0 atom stereocenters. The lowest BCUT2D eigenvalue weighted by atomic mass is 10.2. The van der Waals surface area contributed by atoms with Gasteiger partial charge in [-0.15, -0.1) is 0 Å². The zero-order valence-corrected chi connectivity index (χ0v) is 20.3. The number of pyridine rings is 1. The maximum atomic E-state index is 12.9. The van der Waals surface area contributed by atoms with Crippen molar-refractivity contribution >= 4 is 39.3 Å². The van der Waals surface area contributed by atoms with Gasteiger partial charge in [0.05, 0.1) is 10.6 Å². The lowest BCUT2D eigenvalue weighted by Gasteiger charge is -2.18. The van der Waals surface area contributed by atoms with Crippen LogP contribution in [0.15, 0.2) is 77.8 Å². The van der Waals surface area contributed by atoms with E-state index in [9.17, 15) is 36.0 Å². The van der Waals surface area contributed by atoms with E-state index in [0.717, 1.165) is 22.6 Å². The largest absolute Gasteiger partial charge is 0.501 e. The van der Waals surface area contributed by atoms with Gasteiger partial charge in [-0.2, -0.15) is 13.2 Å². The molecule has 1 aromatic heterocycles. The number of carbonyl (C=O) groups excluding carboxylic acids is 3. The molecule has 1 aliphatic heterocycles. The fourth-order valence-electron chi connectivity index (χ4n) is 3.64. The number of nitrogens with zero attached hydrogens (tertiary/aromatic N) is 3. The summed E-state index contributed by atoms with van der Waals surface area (Å²) < 4.78 is 61.4. The van der Waals surface area contributed by atoms with Crippen LogP contribution in [0, 0.1) is 0 Å². The maximum absolute atomic E-state index is 12.9.